The number of aliphatic hydroxyl groups excluding tert-OH is 2. The lowest BCUT2D eigenvalue weighted by Gasteiger charge is -2.19. The second-order valence-electron chi connectivity index (χ2n) is 14.0. The first kappa shape index (κ1) is 47.1. The molecule has 3 N–H and O–H groups in total. The molecule has 0 aromatic rings. The van der Waals surface area contributed by atoms with Crippen molar-refractivity contribution < 1.29 is 24.5 Å². The number of amides is 1. The van der Waals surface area contributed by atoms with Gasteiger partial charge in [-0.05, 0) is 77.0 Å². The highest BCUT2D eigenvalue weighted by molar-refractivity contribution is 5.76. The third-order valence-corrected chi connectivity index (χ3v) is 9.13. The van der Waals surface area contributed by atoms with Gasteiger partial charge in [0.2, 0.25) is 5.91 Å². The number of carbonyl (C=O) groups is 2. The molecule has 286 valence electrons. The summed E-state index contributed by atoms with van der Waals surface area (Å²) >= 11 is 0. The molecule has 0 saturated carbocycles. The number of unbranched alkanes of at least 4 members (excludes halogenated alkanes) is 22. The molecule has 0 fully saturated rings. The second kappa shape index (κ2) is 38.9. The Bertz CT molecular complexity index is 808. The third-order valence-electron chi connectivity index (χ3n) is 9.13. The van der Waals surface area contributed by atoms with E-state index < -0.39 is 12.1 Å². The average Bonchev–Trinajstić information content (AvgIpc) is 3.10. The van der Waals surface area contributed by atoms with Gasteiger partial charge in [-0.25, -0.2) is 0 Å². The van der Waals surface area contributed by atoms with Gasteiger partial charge in [0, 0.05) is 12.8 Å². The molecular weight excluding hydrogens is 610 g/mol. The van der Waals surface area contributed by atoms with E-state index in [0.717, 1.165) is 70.6 Å². The van der Waals surface area contributed by atoms with Crippen LogP contribution < -0.4 is 5.32 Å². The Balaban J connectivity index is 3.61. The lowest BCUT2D eigenvalue weighted by Crippen LogP contribution is -2.45. The topological polar surface area (TPSA) is 95.9 Å². The number of aliphatic hydroxyl groups is 2. The molecule has 0 aliphatic heterocycles. The van der Waals surface area contributed by atoms with Gasteiger partial charge in [-0.1, -0.05) is 147 Å². The first-order chi connectivity index (χ1) is 24.0. The number of hydrogen-bond donors (Lipinski definition) is 3. The quantitative estimate of drug-likeness (QED) is 0.0343. The predicted octanol–water partition coefficient (Wildman–Crippen LogP) is 11.4. The van der Waals surface area contributed by atoms with Crippen molar-refractivity contribution in [2.24, 2.45) is 0 Å². The van der Waals surface area contributed by atoms with E-state index in [1.54, 1.807) is 6.08 Å². The molecule has 0 aromatic heterocycles. The molecule has 2 atom stereocenters. The molecule has 0 rings (SSSR count). The van der Waals surface area contributed by atoms with Crippen LogP contribution in [0.15, 0.2) is 36.5 Å². The van der Waals surface area contributed by atoms with E-state index in [-0.39, 0.29) is 18.5 Å². The van der Waals surface area contributed by atoms with Gasteiger partial charge < -0.3 is 20.3 Å². The zero-order valence-electron chi connectivity index (χ0n) is 32.2. The molecule has 0 saturated heterocycles. The number of rotatable bonds is 37. The monoisotopic (exact) mass is 690 g/mol. The molecule has 1 amide bonds. The van der Waals surface area contributed by atoms with E-state index in [1.807, 2.05) is 6.08 Å². The predicted molar refractivity (Wildman–Crippen MR) is 209 cm³/mol. The lowest BCUT2D eigenvalue weighted by molar-refractivity contribution is -0.143. The van der Waals surface area contributed by atoms with Gasteiger partial charge in [-0.15, -0.1) is 0 Å². The van der Waals surface area contributed by atoms with Crippen LogP contribution in [-0.2, 0) is 14.3 Å². The van der Waals surface area contributed by atoms with E-state index in [9.17, 15) is 19.8 Å². The third kappa shape index (κ3) is 35.7. The summed E-state index contributed by atoms with van der Waals surface area (Å²) in [4.78, 5) is 24.3. The number of ether oxygens (including phenoxy) is 1. The van der Waals surface area contributed by atoms with E-state index in [4.69, 9.17) is 4.74 Å². The zero-order valence-corrected chi connectivity index (χ0v) is 32.2. The molecule has 49 heavy (non-hydrogen) atoms. The van der Waals surface area contributed by atoms with Crippen molar-refractivity contribution >= 4 is 11.9 Å². The Morgan fingerprint density at radius 1 is 0.551 bits per heavy atom. The van der Waals surface area contributed by atoms with Crippen LogP contribution in [0, 0.1) is 0 Å². The fraction of sp³-hybridized carbons (Fsp3) is 0.814. The minimum Gasteiger partial charge on any atom is -0.466 e. The highest BCUT2D eigenvalue weighted by atomic mass is 16.5. The molecule has 0 aliphatic carbocycles. The van der Waals surface area contributed by atoms with Crippen LogP contribution in [0.2, 0.25) is 0 Å². The van der Waals surface area contributed by atoms with Crippen molar-refractivity contribution in [1.29, 1.82) is 0 Å². The van der Waals surface area contributed by atoms with Crippen LogP contribution in [0.25, 0.3) is 0 Å². The molecular formula is C43H79NO5. The van der Waals surface area contributed by atoms with Crippen molar-refractivity contribution in [1.82, 2.24) is 5.32 Å². The van der Waals surface area contributed by atoms with Crippen LogP contribution in [0.1, 0.15) is 200 Å². The molecule has 6 heteroatoms. The number of nitrogens with one attached hydrogen (secondary N) is 1. The molecule has 0 radical (unpaired) electrons. The van der Waals surface area contributed by atoms with Crippen LogP contribution in [0.3, 0.4) is 0 Å². The van der Waals surface area contributed by atoms with Gasteiger partial charge in [0.1, 0.15) is 0 Å². The standard InChI is InChI=1S/C43H79NO5/c1-3-5-7-9-11-13-15-16-17-21-25-29-33-37-43(48)49-38-34-30-26-22-18-20-24-28-32-36-42(47)44-40(39-45)41(46)35-31-27-23-19-14-12-10-8-6-4-2/h13,15,20,24,31,35,40-41,45-46H,3-12,14,16-19,21-23,25-30,32-34,36-39H2,1-2H3,(H,44,47)/b15-13-,24-20-,35-31+. The van der Waals surface area contributed by atoms with Gasteiger partial charge in [-0.3, -0.25) is 9.59 Å². The van der Waals surface area contributed by atoms with Crippen molar-refractivity contribution in [2.75, 3.05) is 13.2 Å². The fourth-order valence-corrected chi connectivity index (χ4v) is 5.86. The van der Waals surface area contributed by atoms with Gasteiger partial charge in [0.25, 0.3) is 0 Å². The number of hydrogen-bond acceptors (Lipinski definition) is 5. The summed E-state index contributed by atoms with van der Waals surface area (Å²) in [7, 11) is 0. The highest BCUT2D eigenvalue weighted by Gasteiger charge is 2.17. The Kier molecular flexibility index (Phi) is 37.4. The molecule has 0 heterocycles. The van der Waals surface area contributed by atoms with Crippen LogP contribution in [0.4, 0.5) is 0 Å². The zero-order chi connectivity index (χ0) is 35.9. The Labute approximate surface area is 303 Å². The number of carbonyl (C=O) groups excluding carboxylic acids is 2. The maximum atomic E-state index is 12.3. The highest BCUT2D eigenvalue weighted by Crippen LogP contribution is 2.12. The average molecular weight is 690 g/mol. The van der Waals surface area contributed by atoms with Crippen molar-refractivity contribution in [2.45, 2.75) is 212 Å². The smallest absolute Gasteiger partial charge is 0.305 e. The van der Waals surface area contributed by atoms with Crippen molar-refractivity contribution in [3.8, 4) is 0 Å². The van der Waals surface area contributed by atoms with Crippen LogP contribution >= 0.6 is 0 Å². The van der Waals surface area contributed by atoms with E-state index in [0.29, 0.717) is 19.4 Å². The van der Waals surface area contributed by atoms with Gasteiger partial charge in [0.15, 0.2) is 0 Å². The fourth-order valence-electron chi connectivity index (χ4n) is 5.86. The Morgan fingerprint density at radius 2 is 0.980 bits per heavy atom. The summed E-state index contributed by atoms with van der Waals surface area (Å²) in [6.07, 6.45) is 44.2. The Morgan fingerprint density at radius 3 is 1.51 bits per heavy atom. The largest absolute Gasteiger partial charge is 0.466 e. The molecule has 2 unspecified atom stereocenters. The maximum Gasteiger partial charge on any atom is 0.305 e. The van der Waals surface area contributed by atoms with Gasteiger partial charge >= 0.3 is 5.97 Å². The van der Waals surface area contributed by atoms with Crippen molar-refractivity contribution in [3.63, 3.8) is 0 Å². The maximum absolute atomic E-state index is 12.3. The molecule has 0 aromatic carbocycles. The van der Waals surface area contributed by atoms with Crippen LogP contribution in [0.5, 0.6) is 0 Å². The van der Waals surface area contributed by atoms with E-state index in [1.165, 1.54) is 103 Å². The summed E-state index contributed by atoms with van der Waals surface area (Å²) in [5.74, 6) is -0.183. The molecule has 0 spiro atoms. The van der Waals surface area contributed by atoms with E-state index in [2.05, 4.69) is 43.5 Å². The van der Waals surface area contributed by atoms with Gasteiger partial charge in [-0.2, -0.15) is 0 Å². The Hall–Kier alpha value is -1.92. The van der Waals surface area contributed by atoms with Crippen LogP contribution in [-0.4, -0.2) is 47.4 Å². The molecule has 0 aliphatic rings. The number of allylic oxidation sites excluding steroid dienone is 5. The summed E-state index contributed by atoms with van der Waals surface area (Å²) in [5.41, 5.74) is 0. The summed E-state index contributed by atoms with van der Waals surface area (Å²) in [6, 6.07) is -0.663. The van der Waals surface area contributed by atoms with Crippen molar-refractivity contribution in [3.05, 3.63) is 36.5 Å². The van der Waals surface area contributed by atoms with Gasteiger partial charge in [0.05, 0.1) is 25.4 Å². The first-order valence-corrected chi connectivity index (χ1v) is 20.8. The lowest BCUT2D eigenvalue weighted by atomic mass is 10.1. The SMILES string of the molecule is CCCCCC/C=C\CCCCCCCC(=O)OCCCCCC/C=C\CCCC(=O)NC(CO)C(O)/C=C/CCCCCCCCCC. The summed E-state index contributed by atoms with van der Waals surface area (Å²) in [5, 5.41) is 22.8. The minimum absolute atomic E-state index is 0.0492. The first-order valence-electron chi connectivity index (χ1n) is 20.8. The molecule has 0 bridgehead atoms. The van der Waals surface area contributed by atoms with E-state index >= 15 is 0 Å². The second-order valence-corrected chi connectivity index (χ2v) is 14.0. The summed E-state index contributed by atoms with van der Waals surface area (Å²) in [6.45, 7) is 4.74. The summed E-state index contributed by atoms with van der Waals surface area (Å²) < 4.78 is 5.40. The normalized spacial score (nSPS) is 13.1. The minimum atomic E-state index is -0.873. The number of esters is 1. The molecule has 6 nitrogen and oxygen atoms in total.